The largest absolute Gasteiger partial charge is 0.491 e. The molecule has 0 bridgehead atoms. The Bertz CT molecular complexity index is 563. The Morgan fingerprint density at radius 1 is 1.50 bits per heavy atom. The quantitative estimate of drug-likeness (QED) is 0.886. The number of hydrogen-bond donors (Lipinski definition) is 2. The summed E-state index contributed by atoms with van der Waals surface area (Å²) in [7, 11) is 0. The second kappa shape index (κ2) is 7.35. The van der Waals surface area contributed by atoms with Crippen molar-refractivity contribution in [1.29, 1.82) is 0 Å². The summed E-state index contributed by atoms with van der Waals surface area (Å²) in [5, 5.41) is 6.06. The molecule has 2 N–H and O–H groups in total. The number of urea groups is 1. The second-order valence-electron chi connectivity index (χ2n) is 5.35. The number of rotatable bonds is 4. The standard InChI is InChI=1S/C15H20ClN3O3/c1-10(2)22-13-4-3-12(16)7-11(13)8-18-15(21)19-6-5-17-14(20)9-19/h3-4,7,10H,5-6,8-9H2,1-2H3,(H,17,20)(H,18,21). The van der Waals surface area contributed by atoms with Gasteiger partial charge >= 0.3 is 6.03 Å². The van der Waals surface area contributed by atoms with Gasteiger partial charge in [0.05, 0.1) is 6.10 Å². The van der Waals surface area contributed by atoms with Gasteiger partial charge in [-0.3, -0.25) is 4.79 Å². The normalized spacial score (nSPS) is 14.7. The molecular weight excluding hydrogens is 306 g/mol. The van der Waals surface area contributed by atoms with Crippen LogP contribution in [0.5, 0.6) is 5.75 Å². The molecule has 0 unspecified atom stereocenters. The molecule has 0 spiro atoms. The summed E-state index contributed by atoms with van der Waals surface area (Å²) in [6, 6.07) is 5.03. The van der Waals surface area contributed by atoms with E-state index in [0.717, 1.165) is 5.56 Å². The number of carbonyl (C=O) groups is 2. The highest BCUT2D eigenvalue weighted by Gasteiger charge is 2.21. The molecule has 2 rings (SSSR count). The second-order valence-corrected chi connectivity index (χ2v) is 5.79. The van der Waals surface area contributed by atoms with Crippen LogP contribution in [0.3, 0.4) is 0 Å². The maximum atomic E-state index is 12.1. The van der Waals surface area contributed by atoms with Crippen LogP contribution in [0.2, 0.25) is 5.02 Å². The lowest BCUT2D eigenvalue weighted by Crippen LogP contribution is -2.52. The number of nitrogens with zero attached hydrogens (tertiary/aromatic N) is 1. The molecule has 0 saturated carbocycles. The highest BCUT2D eigenvalue weighted by Crippen LogP contribution is 2.24. The number of carbonyl (C=O) groups excluding carboxylic acids is 2. The van der Waals surface area contributed by atoms with Gasteiger partial charge < -0.3 is 20.3 Å². The number of piperazine rings is 1. The first-order valence-electron chi connectivity index (χ1n) is 7.20. The molecule has 1 aliphatic rings. The zero-order chi connectivity index (χ0) is 16.1. The van der Waals surface area contributed by atoms with Gasteiger partial charge in [0.1, 0.15) is 12.3 Å². The summed E-state index contributed by atoms with van der Waals surface area (Å²) in [4.78, 5) is 24.9. The molecule has 1 aromatic rings. The van der Waals surface area contributed by atoms with Crippen LogP contribution in [-0.2, 0) is 11.3 Å². The highest BCUT2D eigenvalue weighted by molar-refractivity contribution is 6.30. The molecule has 1 heterocycles. The van der Waals surface area contributed by atoms with Crippen LogP contribution < -0.4 is 15.4 Å². The molecule has 1 aromatic carbocycles. The first-order valence-corrected chi connectivity index (χ1v) is 7.58. The van der Waals surface area contributed by atoms with E-state index in [1.165, 1.54) is 4.90 Å². The lowest BCUT2D eigenvalue weighted by atomic mass is 10.2. The fourth-order valence-electron chi connectivity index (χ4n) is 2.15. The van der Waals surface area contributed by atoms with Crippen molar-refractivity contribution in [3.63, 3.8) is 0 Å². The predicted octanol–water partition coefficient (Wildman–Crippen LogP) is 1.77. The van der Waals surface area contributed by atoms with Crippen molar-refractivity contribution < 1.29 is 14.3 Å². The number of halogens is 1. The van der Waals surface area contributed by atoms with Crippen LogP contribution >= 0.6 is 11.6 Å². The zero-order valence-corrected chi connectivity index (χ0v) is 13.4. The molecule has 1 fully saturated rings. The van der Waals surface area contributed by atoms with Crippen molar-refractivity contribution in [2.45, 2.75) is 26.5 Å². The van der Waals surface area contributed by atoms with Crippen molar-refractivity contribution in [2.75, 3.05) is 19.6 Å². The summed E-state index contributed by atoms with van der Waals surface area (Å²) in [5.41, 5.74) is 0.802. The first kappa shape index (κ1) is 16.4. The molecule has 0 atom stereocenters. The minimum Gasteiger partial charge on any atom is -0.491 e. The predicted molar refractivity (Wildman–Crippen MR) is 84.0 cm³/mol. The summed E-state index contributed by atoms with van der Waals surface area (Å²) in [5.74, 6) is 0.545. The van der Waals surface area contributed by atoms with E-state index in [1.54, 1.807) is 18.2 Å². The molecular formula is C15H20ClN3O3. The van der Waals surface area contributed by atoms with Crippen molar-refractivity contribution in [3.8, 4) is 5.75 Å². The number of amides is 3. The molecule has 0 aromatic heterocycles. The van der Waals surface area contributed by atoms with Gasteiger partial charge in [0, 0.05) is 30.2 Å². The molecule has 3 amide bonds. The summed E-state index contributed by atoms with van der Waals surface area (Å²) < 4.78 is 5.71. The van der Waals surface area contributed by atoms with Gasteiger partial charge in [-0.15, -0.1) is 0 Å². The smallest absolute Gasteiger partial charge is 0.318 e. The van der Waals surface area contributed by atoms with Crippen LogP contribution in [0, 0.1) is 0 Å². The molecule has 22 heavy (non-hydrogen) atoms. The van der Waals surface area contributed by atoms with E-state index < -0.39 is 0 Å². The summed E-state index contributed by atoms with van der Waals surface area (Å²) in [6.45, 7) is 5.22. The van der Waals surface area contributed by atoms with E-state index in [-0.39, 0.29) is 24.6 Å². The maximum absolute atomic E-state index is 12.1. The van der Waals surface area contributed by atoms with Gasteiger partial charge in [0.25, 0.3) is 0 Å². The minimum atomic E-state index is -0.273. The third-order valence-electron chi connectivity index (χ3n) is 3.14. The third-order valence-corrected chi connectivity index (χ3v) is 3.38. The lowest BCUT2D eigenvalue weighted by molar-refractivity contribution is -0.123. The molecule has 120 valence electrons. The fourth-order valence-corrected chi connectivity index (χ4v) is 2.34. The molecule has 1 saturated heterocycles. The van der Waals surface area contributed by atoms with Gasteiger partial charge in [-0.1, -0.05) is 11.6 Å². The van der Waals surface area contributed by atoms with Gasteiger partial charge in [0.15, 0.2) is 0 Å². The highest BCUT2D eigenvalue weighted by atomic mass is 35.5. The van der Waals surface area contributed by atoms with Crippen LogP contribution in [0.4, 0.5) is 4.79 Å². The minimum absolute atomic E-state index is 0.0291. The van der Waals surface area contributed by atoms with Gasteiger partial charge in [-0.25, -0.2) is 4.79 Å². The average Bonchev–Trinajstić information content (AvgIpc) is 2.46. The SMILES string of the molecule is CC(C)Oc1ccc(Cl)cc1CNC(=O)N1CCNC(=O)C1. The fraction of sp³-hybridized carbons (Fsp3) is 0.467. The van der Waals surface area contributed by atoms with Gasteiger partial charge in [0.2, 0.25) is 5.91 Å². The van der Waals surface area contributed by atoms with E-state index in [2.05, 4.69) is 10.6 Å². The van der Waals surface area contributed by atoms with Crippen LogP contribution in [0.25, 0.3) is 0 Å². The van der Waals surface area contributed by atoms with E-state index >= 15 is 0 Å². The van der Waals surface area contributed by atoms with Gasteiger partial charge in [-0.2, -0.15) is 0 Å². The van der Waals surface area contributed by atoms with E-state index in [4.69, 9.17) is 16.3 Å². The Morgan fingerprint density at radius 2 is 2.27 bits per heavy atom. The molecule has 7 heteroatoms. The average molecular weight is 326 g/mol. The Hall–Kier alpha value is -1.95. The first-order chi connectivity index (χ1) is 10.5. The maximum Gasteiger partial charge on any atom is 0.318 e. The Balaban J connectivity index is 1.99. The van der Waals surface area contributed by atoms with E-state index in [1.807, 2.05) is 13.8 Å². The van der Waals surface area contributed by atoms with Crippen LogP contribution in [0.1, 0.15) is 19.4 Å². The molecule has 0 aliphatic carbocycles. The summed E-state index contributed by atoms with van der Waals surface area (Å²) >= 11 is 6.00. The Kier molecular flexibility index (Phi) is 5.49. The van der Waals surface area contributed by atoms with Crippen molar-refractivity contribution in [3.05, 3.63) is 28.8 Å². The van der Waals surface area contributed by atoms with Crippen molar-refractivity contribution >= 4 is 23.5 Å². The van der Waals surface area contributed by atoms with Crippen LogP contribution in [0.15, 0.2) is 18.2 Å². The number of nitrogens with one attached hydrogen (secondary N) is 2. The van der Waals surface area contributed by atoms with Crippen molar-refractivity contribution in [2.24, 2.45) is 0 Å². The monoisotopic (exact) mass is 325 g/mol. The number of ether oxygens (including phenoxy) is 1. The summed E-state index contributed by atoms with van der Waals surface area (Å²) in [6.07, 6.45) is 0.0291. The van der Waals surface area contributed by atoms with Gasteiger partial charge in [-0.05, 0) is 32.0 Å². The Morgan fingerprint density at radius 3 is 2.95 bits per heavy atom. The molecule has 1 aliphatic heterocycles. The number of hydrogen-bond acceptors (Lipinski definition) is 3. The Labute approximate surface area is 134 Å². The topological polar surface area (TPSA) is 70.7 Å². The lowest BCUT2D eigenvalue weighted by Gasteiger charge is -2.27. The molecule has 0 radical (unpaired) electrons. The van der Waals surface area contributed by atoms with E-state index in [9.17, 15) is 9.59 Å². The third kappa shape index (κ3) is 4.53. The van der Waals surface area contributed by atoms with Crippen LogP contribution in [-0.4, -0.2) is 42.6 Å². The van der Waals surface area contributed by atoms with Crippen molar-refractivity contribution in [1.82, 2.24) is 15.5 Å². The number of benzene rings is 1. The van der Waals surface area contributed by atoms with E-state index in [0.29, 0.717) is 30.4 Å². The molecule has 6 nitrogen and oxygen atoms in total. The zero-order valence-electron chi connectivity index (χ0n) is 12.7.